The molecule has 86 valence electrons. The summed E-state index contributed by atoms with van der Waals surface area (Å²) >= 11 is 0. The van der Waals surface area contributed by atoms with Crippen molar-refractivity contribution in [2.24, 2.45) is 5.92 Å². The lowest BCUT2D eigenvalue weighted by Gasteiger charge is -2.48. The van der Waals surface area contributed by atoms with Gasteiger partial charge in [-0.05, 0) is 5.92 Å². The van der Waals surface area contributed by atoms with Crippen molar-refractivity contribution in [3.8, 4) is 0 Å². The van der Waals surface area contributed by atoms with Crippen molar-refractivity contribution in [1.82, 2.24) is 15.5 Å². The van der Waals surface area contributed by atoms with Crippen LogP contribution < -0.4 is 10.6 Å². The van der Waals surface area contributed by atoms with Crippen molar-refractivity contribution in [3.63, 3.8) is 0 Å². The van der Waals surface area contributed by atoms with E-state index in [-0.39, 0.29) is 5.91 Å². The number of nitrogens with one attached hydrogen (secondary N) is 2. The summed E-state index contributed by atoms with van der Waals surface area (Å²) in [6.45, 7) is 6.36. The second-order valence-corrected chi connectivity index (χ2v) is 4.98. The lowest BCUT2D eigenvalue weighted by atomic mass is 9.83. The molecule has 2 aliphatic rings. The van der Waals surface area contributed by atoms with Crippen LogP contribution >= 0.6 is 0 Å². The number of likely N-dealkylation sites (tertiary alicyclic amines) is 1. The highest BCUT2D eigenvalue weighted by molar-refractivity contribution is 5.78. The molecule has 0 aliphatic carbocycles. The Morgan fingerprint density at radius 3 is 2.67 bits per heavy atom. The molecule has 0 bridgehead atoms. The maximum atomic E-state index is 11.8. The van der Waals surface area contributed by atoms with Crippen LogP contribution in [0.4, 0.5) is 0 Å². The van der Waals surface area contributed by atoms with Gasteiger partial charge in [-0.3, -0.25) is 4.79 Å². The zero-order valence-electron chi connectivity index (χ0n) is 9.79. The highest BCUT2D eigenvalue weighted by Crippen LogP contribution is 2.24. The average Bonchev–Trinajstić information content (AvgIpc) is 2.19. The number of carbonyl (C=O) groups is 1. The van der Waals surface area contributed by atoms with Gasteiger partial charge in [0.25, 0.3) is 0 Å². The smallest absolute Gasteiger partial charge is 0.224 e. The molecule has 0 aromatic heterocycles. The van der Waals surface area contributed by atoms with Gasteiger partial charge < -0.3 is 15.5 Å². The first-order valence-corrected chi connectivity index (χ1v) is 5.83. The minimum absolute atomic E-state index is 0.270. The molecule has 15 heavy (non-hydrogen) atoms. The van der Waals surface area contributed by atoms with E-state index in [1.807, 2.05) is 11.9 Å². The van der Waals surface area contributed by atoms with Gasteiger partial charge in [0.15, 0.2) is 0 Å². The molecule has 2 aliphatic heterocycles. The second-order valence-electron chi connectivity index (χ2n) is 4.98. The number of piperidine rings is 1. The van der Waals surface area contributed by atoms with E-state index in [0.717, 1.165) is 13.1 Å². The summed E-state index contributed by atoms with van der Waals surface area (Å²) < 4.78 is 0. The molecule has 3 unspecified atom stereocenters. The van der Waals surface area contributed by atoms with Crippen LogP contribution in [0.1, 0.15) is 20.3 Å². The van der Waals surface area contributed by atoms with E-state index in [9.17, 15) is 4.79 Å². The first-order chi connectivity index (χ1) is 7.11. The maximum absolute atomic E-state index is 11.8. The Kier molecular flexibility index (Phi) is 2.98. The Labute approximate surface area is 91.4 Å². The highest BCUT2D eigenvalue weighted by Gasteiger charge is 2.42. The van der Waals surface area contributed by atoms with Gasteiger partial charge >= 0.3 is 0 Å². The number of hydrogen-bond donors (Lipinski definition) is 2. The van der Waals surface area contributed by atoms with Gasteiger partial charge in [-0.25, -0.2) is 0 Å². The molecular weight excluding hydrogens is 190 g/mol. The quantitative estimate of drug-likeness (QED) is 0.631. The van der Waals surface area contributed by atoms with Gasteiger partial charge in [0.05, 0.1) is 6.04 Å². The molecule has 0 spiro atoms. The molecular formula is C11H21N3O. The van der Waals surface area contributed by atoms with E-state index in [4.69, 9.17) is 0 Å². The topological polar surface area (TPSA) is 44.4 Å². The predicted octanol–water partition coefficient (Wildman–Crippen LogP) is -0.197. The first kappa shape index (κ1) is 10.9. The van der Waals surface area contributed by atoms with Crippen molar-refractivity contribution >= 4 is 5.91 Å². The summed E-state index contributed by atoms with van der Waals surface area (Å²) in [4.78, 5) is 13.7. The minimum Gasteiger partial charge on any atom is -0.341 e. The molecule has 2 rings (SSSR count). The van der Waals surface area contributed by atoms with E-state index in [0.29, 0.717) is 30.5 Å². The van der Waals surface area contributed by atoms with Crippen molar-refractivity contribution in [1.29, 1.82) is 0 Å². The van der Waals surface area contributed by atoms with Crippen molar-refractivity contribution < 1.29 is 4.79 Å². The molecule has 4 nitrogen and oxygen atoms in total. The summed E-state index contributed by atoms with van der Waals surface area (Å²) in [6.07, 6.45) is 0.636. The lowest BCUT2D eigenvalue weighted by molar-refractivity contribution is -0.138. The molecule has 2 N–H and O–H groups in total. The third-order valence-corrected chi connectivity index (χ3v) is 3.63. The predicted molar refractivity (Wildman–Crippen MR) is 59.6 cm³/mol. The van der Waals surface area contributed by atoms with Gasteiger partial charge in [0.2, 0.25) is 5.91 Å². The molecule has 0 saturated carbocycles. The fourth-order valence-corrected chi connectivity index (χ4v) is 2.92. The SMILES string of the molecule is CC(C)C1C2NCCNC2CC(=O)N1C. The van der Waals surface area contributed by atoms with Crippen molar-refractivity contribution in [3.05, 3.63) is 0 Å². The van der Waals surface area contributed by atoms with Crippen molar-refractivity contribution in [2.75, 3.05) is 20.1 Å². The monoisotopic (exact) mass is 211 g/mol. The summed E-state index contributed by atoms with van der Waals surface area (Å²) in [5, 5.41) is 6.99. The van der Waals surface area contributed by atoms with Gasteiger partial charge in [0.1, 0.15) is 0 Å². The molecule has 2 heterocycles. The van der Waals surface area contributed by atoms with Gasteiger partial charge in [0, 0.05) is 38.6 Å². The number of nitrogens with zero attached hydrogens (tertiary/aromatic N) is 1. The number of piperazine rings is 1. The van der Waals surface area contributed by atoms with Crippen LogP contribution in [0.25, 0.3) is 0 Å². The van der Waals surface area contributed by atoms with E-state index in [2.05, 4.69) is 24.5 Å². The maximum Gasteiger partial charge on any atom is 0.224 e. The molecule has 3 atom stereocenters. The van der Waals surface area contributed by atoms with E-state index < -0.39 is 0 Å². The van der Waals surface area contributed by atoms with Crippen LogP contribution in [0.3, 0.4) is 0 Å². The van der Waals surface area contributed by atoms with Gasteiger partial charge in [-0.15, -0.1) is 0 Å². The number of fused-ring (bicyclic) bond motifs is 1. The Balaban J connectivity index is 2.19. The van der Waals surface area contributed by atoms with E-state index >= 15 is 0 Å². The fraction of sp³-hybridized carbons (Fsp3) is 0.909. The number of carbonyl (C=O) groups excluding carboxylic acids is 1. The molecule has 0 radical (unpaired) electrons. The van der Waals surface area contributed by atoms with Crippen molar-refractivity contribution in [2.45, 2.75) is 38.4 Å². The van der Waals surface area contributed by atoms with Crippen LogP contribution in [0.2, 0.25) is 0 Å². The summed E-state index contributed by atoms with van der Waals surface area (Å²) in [6, 6.07) is 1.07. The van der Waals surface area contributed by atoms with E-state index in [1.54, 1.807) is 0 Å². The van der Waals surface area contributed by atoms with Crippen LogP contribution in [0, 0.1) is 5.92 Å². The average molecular weight is 211 g/mol. The zero-order chi connectivity index (χ0) is 11.0. The number of rotatable bonds is 1. The minimum atomic E-state index is 0.270. The molecule has 0 aromatic carbocycles. The lowest BCUT2D eigenvalue weighted by Crippen LogP contribution is -2.69. The standard InChI is InChI=1S/C11H21N3O/c1-7(2)11-10-8(12-4-5-13-10)6-9(15)14(11)3/h7-8,10-13H,4-6H2,1-3H3. The highest BCUT2D eigenvalue weighted by atomic mass is 16.2. The molecule has 1 amide bonds. The van der Waals surface area contributed by atoms with Gasteiger partial charge in [-0.2, -0.15) is 0 Å². The number of amides is 1. The van der Waals surface area contributed by atoms with Crippen LogP contribution in [0.5, 0.6) is 0 Å². The van der Waals surface area contributed by atoms with Crippen LogP contribution in [-0.2, 0) is 4.79 Å². The Morgan fingerprint density at radius 1 is 1.33 bits per heavy atom. The third kappa shape index (κ3) is 1.88. The summed E-state index contributed by atoms with van der Waals surface area (Å²) in [5.74, 6) is 0.769. The number of likely N-dealkylation sites (N-methyl/N-ethyl adjacent to an activating group) is 1. The largest absolute Gasteiger partial charge is 0.341 e. The van der Waals surface area contributed by atoms with E-state index in [1.165, 1.54) is 0 Å². The third-order valence-electron chi connectivity index (χ3n) is 3.63. The Bertz CT molecular complexity index is 254. The first-order valence-electron chi connectivity index (χ1n) is 5.83. The Morgan fingerprint density at radius 2 is 2.00 bits per heavy atom. The fourth-order valence-electron chi connectivity index (χ4n) is 2.92. The summed E-state index contributed by atoms with van der Waals surface area (Å²) in [7, 11) is 1.93. The Hall–Kier alpha value is -0.610. The molecule has 0 aromatic rings. The van der Waals surface area contributed by atoms with Crippen LogP contribution in [-0.4, -0.2) is 49.1 Å². The van der Waals surface area contributed by atoms with Crippen LogP contribution in [0.15, 0.2) is 0 Å². The molecule has 4 heteroatoms. The zero-order valence-corrected chi connectivity index (χ0v) is 9.79. The molecule has 2 fully saturated rings. The molecule has 2 saturated heterocycles. The van der Waals surface area contributed by atoms with Gasteiger partial charge in [-0.1, -0.05) is 13.8 Å². The number of hydrogen-bond acceptors (Lipinski definition) is 3. The normalized spacial score (nSPS) is 36.9. The second kappa shape index (κ2) is 4.10. The summed E-state index contributed by atoms with van der Waals surface area (Å²) in [5.41, 5.74) is 0.